The highest BCUT2D eigenvalue weighted by atomic mass is 16.7. The van der Waals surface area contributed by atoms with Gasteiger partial charge in [0.05, 0.1) is 44.1 Å². The number of rotatable bonds is 48. The highest BCUT2D eigenvalue weighted by Gasteiger charge is 2.57. The number of hydrogen-bond donors (Lipinski definition) is 13. The molecule has 78 heavy (non-hydrogen) atoms. The molecule has 0 bridgehead atoms. The molecule has 0 saturated carbocycles. The van der Waals surface area contributed by atoms with Crippen LogP contribution in [0.3, 0.4) is 0 Å². The summed E-state index contributed by atoms with van der Waals surface area (Å²) >= 11 is 0. The van der Waals surface area contributed by atoms with E-state index >= 15 is 0 Å². The van der Waals surface area contributed by atoms with Gasteiger partial charge in [-0.05, 0) is 18.8 Å². The molecule has 20 nitrogen and oxygen atoms in total. The lowest BCUT2D eigenvalue weighted by Gasteiger charge is -2.47. The number of aliphatic hydroxyl groups excluding tert-OH is 10. The molecule has 2 heterocycles. The lowest BCUT2D eigenvalue weighted by Crippen LogP contribution is -2.68. The minimum absolute atomic E-state index is 0.149. The van der Waals surface area contributed by atoms with Gasteiger partial charge in [-0.2, -0.15) is 0 Å². The van der Waals surface area contributed by atoms with Crippen molar-refractivity contribution in [2.75, 3.05) is 26.4 Å². The van der Waals surface area contributed by atoms with Gasteiger partial charge in [0.25, 0.3) is 5.79 Å². The van der Waals surface area contributed by atoms with Crippen LogP contribution in [-0.2, 0) is 33.3 Å². The lowest BCUT2D eigenvalue weighted by atomic mass is 9.88. The Morgan fingerprint density at radius 1 is 0.615 bits per heavy atom. The average Bonchev–Trinajstić information content (AvgIpc) is 3.48. The number of carbonyl (C=O) groups is 3. The van der Waals surface area contributed by atoms with E-state index in [1.165, 1.54) is 128 Å². The van der Waals surface area contributed by atoms with E-state index in [0.717, 1.165) is 51.4 Å². The molecule has 2 aliphatic heterocycles. The molecule has 0 aromatic rings. The highest BCUT2D eigenvalue weighted by Crippen LogP contribution is 2.35. The van der Waals surface area contributed by atoms with Crippen molar-refractivity contribution >= 4 is 17.8 Å². The SMILES string of the molecule is CCCCCCCCCCCCCCCCCCCCCCCC(=O)N[C@@H](CO[C@@H]1O[C@H](CO[C@]2(C(=O)O)C[C@H](O)[C@@H](NC(=O)CO)[C@H]([C@H](O)[C@H](O)CO)O2)[C@@H](O)[C@H](O)[C@H]1O)[C@H](O)[C@H](O)CCCCCCCCCCC(C)C. The molecule has 0 spiro atoms. The topological polar surface area (TPSA) is 335 Å². The minimum atomic E-state index is -2.87. The Morgan fingerprint density at radius 3 is 1.55 bits per heavy atom. The van der Waals surface area contributed by atoms with Crippen molar-refractivity contribution in [3.63, 3.8) is 0 Å². The molecule has 2 rings (SSSR count). The van der Waals surface area contributed by atoms with Gasteiger partial charge in [-0.1, -0.05) is 207 Å². The van der Waals surface area contributed by atoms with E-state index in [4.69, 9.17) is 18.9 Å². The van der Waals surface area contributed by atoms with Gasteiger partial charge in [-0.25, -0.2) is 4.79 Å². The number of carboxylic acid groups (broad SMARTS) is 1. The number of carbonyl (C=O) groups excluding carboxylic acids is 2. The first-order valence-electron chi connectivity index (χ1n) is 30.5. The number of aliphatic carboxylic acids is 1. The van der Waals surface area contributed by atoms with Crippen molar-refractivity contribution in [1.29, 1.82) is 0 Å². The van der Waals surface area contributed by atoms with Gasteiger partial charge >= 0.3 is 5.97 Å². The van der Waals surface area contributed by atoms with Crippen molar-refractivity contribution in [1.82, 2.24) is 10.6 Å². The zero-order valence-electron chi connectivity index (χ0n) is 48.0. The van der Waals surface area contributed by atoms with E-state index in [1.807, 2.05) is 0 Å². The lowest BCUT2D eigenvalue weighted by molar-refractivity contribution is -0.339. The monoisotopic (exact) mass is 1120 g/mol. The molecule has 2 amide bonds. The average molecular weight is 1120 g/mol. The highest BCUT2D eigenvalue weighted by molar-refractivity contribution is 5.78. The molecule has 2 aliphatic rings. The van der Waals surface area contributed by atoms with E-state index in [-0.39, 0.29) is 12.8 Å². The van der Waals surface area contributed by atoms with Crippen LogP contribution in [0.2, 0.25) is 0 Å². The molecule has 460 valence electrons. The summed E-state index contributed by atoms with van der Waals surface area (Å²) in [7, 11) is 0. The van der Waals surface area contributed by atoms with Crippen LogP contribution in [-0.4, -0.2) is 186 Å². The van der Waals surface area contributed by atoms with Crippen molar-refractivity contribution in [3.8, 4) is 0 Å². The number of carboxylic acids is 1. The van der Waals surface area contributed by atoms with Crippen LogP contribution in [0.4, 0.5) is 0 Å². The Morgan fingerprint density at radius 2 is 1.09 bits per heavy atom. The summed E-state index contributed by atoms with van der Waals surface area (Å²) in [5.74, 6) is -5.47. The molecule has 0 unspecified atom stereocenters. The number of unbranched alkanes of at least 4 members (excludes halogenated alkanes) is 27. The van der Waals surface area contributed by atoms with Crippen molar-refractivity contribution in [2.45, 2.75) is 318 Å². The molecule has 20 heteroatoms. The second-order valence-corrected chi connectivity index (χ2v) is 22.9. The third kappa shape index (κ3) is 28.7. The summed E-state index contributed by atoms with van der Waals surface area (Å²) in [5.41, 5.74) is 0. The maximum atomic E-state index is 13.4. The van der Waals surface area contributed by atoms with Crippen LogP contribution in [0.5, 0.6) is 0 Å². The first-order valence-corrected chi connectivity index (χ1v) is 30.5. The van der Waals surface area contributed by atoms with E-state index < -0.39 is 136 Å². The summed E-state index contributed by atoms with van der Waals surface area (Å²) in [5, 5.41) is 122. The van der Waals surface area contributed by atoms with Crippen molar-refractivity contribution < 1.29 is 89.5 Å². The third-order valence-electron chi connectivity index (χ3n) is 15.6. The molecule has 0 radical (unpaired) electrons. The van der Waals surface area contributed by atoms with Gasteiger partial charge in [0.15, 0.2) is 6.29 Å². The van der Waals surface area contributed by atoms with Gasteiger partial charge in [0.2, 0.25) is 11.8 Å². The Bertz CT molecular complexity index is 1530. The number of nitrogens with one attached hydrogen (secondary N) is 2. The summed E-state index contributed by atoms with van der Waals surface area (Å²) in [4.78, 5) is 38.2. The molecular weight excluding hydrogens is 1010 g/mol. The van der Waals surface area contributed by atoms with E-state index in [0.29, 0.717) is 18.8 Å². The maximum Gasteiger partial charge on any atom is 0.364 e. The van der Waals surface area contributed by atoms with Crippen LogP contribution in [0, 0.1) is 5.92 Å². The van der Waals surface area contributed by atoms with Crippen LogP contribution in [0.1, 0.15) is 233 Å². The normalized spacial score (nSPS) is 25.6. The number of amides is 2. The predicted octanol–water partition coefficient (Wildman–Crippen LogP) is 5.31. The molecule has 2 saturated heterocycles. The zero-order chi connectivity index (χ0) is 57.7. The van der Waals surface area contributed by atoms with E-state index in [2.05, 4.69) is 31.4 Å². The van der Waals surface area contributed by atoms with Gasteiger partial charge in [-0.3, -0.25) is 9.59 Å². The summed E-state index contributed by atoms with van der Waals surface area (Å²) in [6, 6.07) is -2.83. The Hall–Kier alpha value is -2.15. The Balaban J connectivity index is 1.97. The summed E-state index contributed by atoms with van der Waals surface area (Å²) in [6.07, 6.45) is 15.0. The quantitative estimate of drug-likeness (QED) is 0.0343. The molecule has 14 atom stereocenters. The number of aliphatic hydroxyl groups is 10. The molecule has 0 aromatic carbocycles. The molecule has 0 aromatic heterocycles. The Kier molecular flexibility index (Phi) is 39.3. The fourth-order valence-corrected chi connectivity index (χ4v) is 10.5. The second kappa shape index (κ2) is 42.6. The van der Waals surface area contributed by atoms with Gasteiger partial charge < -0.3 is 85.8 Å². The van der Waals surface area contributed by atoms with Crippen LogP contribution in [0.25, 0.3) is 0 Å². The first kappa shape index (κ1) is 72.0. The molecular formula is C58H110N2O18. The van der Waals surface area contributed by atoms with Crippen molar-refractivity contribution in [3.05, 3.63) is 0 Å². The molecule has 2 fully saturated rings. The summed E-state index contributed by atoms with van der Waals surface area (Å²) < 4.78 is 22.8. The standard InChI is InChI=1S/C58H110N2O18/c1-4-5-6-7-8-9-10-11-12-13-14-15-16-17-18-19-20-21-26-29-32-35-47(66)59-42(50(68)43(63)34-31-28-25-23-22-24-27-30-33-41(2)3)39-75-56-54(72)53(71)52(70)46(77-56)40-76-58(57(73)74)36-44(64)49(60-48(67)38-62)55(78-58)51(69)45(65)37-61/h41-46,49-56,61-65,68-72H,4-40H2,1-3H3,(H,59,66)(H,60,67)(H,73,74)/t42-,43+,44-,45+,46+,49+,50-,51+,52+,53-,54+,55+,56+,58+/m0/s1. The number of ether oxygens (including phenoxy) is 4. The van der Waals surface area contributed by atoms with Crippen molar-refractivity contribution in [2.24, 2.45) is 5.92 Å². The fourth-order valence-electron chi connectivity index (χ4n) is 10.5. The Labute approximate surface area is 466 Å². The number of hydrogen-bond acceptors (Lipinski definition) is 17. The zero-order valence-corrected chi connectivity index (χ0v) is 48.0. The largest absolute Gasteiger partial charge is 0.477 e. The fraction of sp³-hybridized carbons (Fsp3) is 0.948. The van der Waals surface area contributed by atoms with Gasteiger partial charge in [0, 0.05) is 12.8 Å². The van der Waals surface area contributed by atoms with Crippen LogP contribution >= 0.6 is 0 Å². The van der Waals surface area contributed by atoms with Gasteiger partial charge in [-0.15, -0.1) is 0 Å². The smallest absolute Gasteiger partial charge is 0.364 e. The maximum absolute atomic E-state index is 13.4. The van der Waals surface area contributed by atoms with E-state index in [1.54, 1.807) is 0 Å². The summed E-state index contributed by atoms with van der Waals surface area (Å²) in [6.45, 7) is 3.14. The minimum Gasteiger partial charge on any atom is -0.477 e. The predicted molar refractivity (Wildman–Crippen MR) is 295 cm³/mol. The van der Waals surface area contributed by atoms with Gasteiger partial charge in [0.1, 0.15) is 55.4 Å². The van der Waals surface area contributed by atoms with E-state index in [9.17, 15) is 70.6 Å². The molecule has 13 N–H and O–H groups in total. The van der Waals surface area contributed by atoms with Crippen LogP contribution in [0.15, 0.2) is 0 Å². The first-order chi connectivity index (χ1) is 37.4. The van der Waals surface area contributed by atoms with Crippen LogP contribution < -0.4 is 10.6 Å². The molecule has 0 aliphatic carbocycles. The third-order valence-corrected chi connectivity index (χ3v) is 15.6. The second-order valence-electron chi connectivity index (χ2n) is 22.9.